The Labute approximate surface area is 129 Å². The van der Waals surface area contributed by atoms with Crippen LogP contribution in [0, 0.1) is 6.92 Å². The van der Waals surface area contributed by atoms with E-state index in [9.17, 15) is 9.59 Å². The molecule has 116 valence electrons. The van der Waals surface area contributed by atoms with Gasteiger partial charge in [0.25, 0.3) is 11.5 Å². The van der Waals surface area contributed by atoms with E-state index >= 15 is 0 Å². The van der Waals surface area contributed by atoms with Crippen molar-refractivity contribution in [3.05, 3.63) is 46.0 Å². The smallest absolute Gasteiger partial charge is 0.270 e. The quantitative estimate of drug-likeness (QED) is 0.866. The number of carbonyl (C=O) groups excluding carboxylic acids is 1. The molecule has 0 aliphatic heterocycles. The maximum Gasteiger partial charge on any atom is 0.270 e. The fourth-order valence-corrected chi connectivity index (χ4v) is 3.09. The summed E-state index contributed by atoms with van der Waals surface area (Å²) in [6.07, 6.45) is 9.77. The number of nitrogens with zero attached hydrogens (tertiary/aromatic N) is 2. The van der Waals surface area contributed by atoms with Gasteiger partial charge in [0.2, 0.25) is 0 Å². The number of pyridine rings is 1. The van der Waals surface area contributed by atoms with Crippen LogP contribution in [-0.4, -0.2) is 21.3 Å². The number of nitrogens with one attached hydrogen (secondary N) is 1. The van der Waals surface area contributed by atoms with Gasteiger partial charge >= 0.3 is 0 Å². The molecule has 2 aromatic rings. The maximum atomic E-state index is 12.5. The third-order valence-electron chi connectivity index (χ3n) is 4.36. The predicted molar refractivity (Wildman–Crippen MR) is 85.2 cm³/mol. The van der Waals surface area contributed by atoms with Crippen molar-refractivity contribution in [1.82, 2.24) is 14.7 Å². The number of amides is 1. The molecule has 1 saturated carbocycles. The molecule has 5 nitrogen and oxygen atoms in total. The molecule has 0 spiro atoms. The number of rotatable bonds is 2. The zero-order chi connectivity index (χ0) is 15.5. The standard InChI is InChI=1S/C17H21N3O2/c1-12-7-6-10-20-15(12)18-11-14(17(20)22)16(21)19-13-8-4-2-3-5-9-13/h6-7,10-11,13H,2-5,8-9H2,1H3,(H,19,21). The Kier molecular flexibility index (Phi) is 4.22. The number of hydrogen-bond donors (Lipinski definition) is 1. The second kappa shape index (κ2) is 6.30. The van der Waals surface area contributed by atoms with Gasteiger partial charge in [0, 0.05) is 18.4 Å². The Morgan fingerprint density at radius 3 is 2.73 bits per heavy atom. The second-order valence-corrected chi connectivity index (χ2v) is 6.02. The van der Waals surface area contributed by atoms with E-state index in [1.54, 1.807) is 12.3 Å². The van der Waals surface area contributed by atoms with E-state index < -0.39 is 0 Å². The monoisotopic (exact) mass is 299 g/mol. The highest BCUT2D eigenvalue weighted by Gasteiger charge is 2.19. The van der Waals surface area contributed by atoms with E-state index in [0.29, 0.717) is 5.65 Å². The molecular weight excluding hydrogens is 278 g/mol. The van der Waals surface area contributed by atoms with Crippen molar-refractivity contribution in [3.63, 3.8) is 0 Å². The average molecular weight is 299 g/mol. The van der Waals surface area contributed by atoms with Crippen molar-refractivity contribution in [2.24, 2.45) is 0 Å². The maximum absolute atomic E-state index is 12.5. The molecule has 1 N–H and O–H groups in total. The Morgan fingerprint density at radius 1 is 1.27 bits per heavy atom. The van der Waals surface area contributed by atoms with Gasteiger partial charge < -0.3 is 5.32 Å². The minimum absolute atomic E-state index is 0.118. The molecule has 0 unspecified atom stereocenters. The van der Waals surface area contributed by atoms with Gasteiger partial charge in [-0.2, -0.15) is 0 Å². The zero-order valence-corrected chi connectivity index (χ0v) is 12.8. The molecule has 5 heteroatoms. The van der Waals surface area contributed by atoms with E-state index in [1.807, 2.05) is 13.0 Å². The summed E-state index contributed by atoms with van der Waals surface area (Å²) < 4.78 is 1.44. The van der Waals surface area contributed by atoms with Crippen molar-refractivity contribution in [1.29, 1.82) is 0 Å². The van der Waals surface area contributed by atoms with E-state index in [1.165, 1.54) is 23.4 Å². The predicted octanol–water partition coefficient (Wildman–Crippen LogP) is 2.46. The molecule has 2 heterocycles. The lowest BCUT2D eigenvalue weighted by Gasteiger charge is -2.16. The molecule has 0 radical (unpaired) electrons. The van der Waals surface area contributed by atoms with Gasteiger partial charge in [-0.05, 0) is 31.4 Å². The summed E-state index contributed by atoms with van der Waals surface area (Å²) in [4.78, 5) is 29.2. The molecular formula is C17H21N3O2. The first-order valence-electron chi connectivity index (χ1n) is 7.94. The Bertz CT molecular complexity index is 743. The van der Waals surface area contributed by atoms with Crippen molar-refractivity contribution in [2.75, 3.05) is 0 Å². The highest BCUT2D eigenvalue weighted by atomic mass is 16.2. The summed E-state index contributed by atoms with van der Waals surface area (Å²) in [7, 11) is 0. The summed E-state index contributed by atoms with van der Waals surface area (Å²) in [5.74, 6) is -0.305. The van der Waals surface area contributed by atoms with Crippen LogP contribution in [0.4, 0.5) is 0 Å². The van der Waals surface area contributed by atoms with Gasteiger partial charge in [-0.25, -0.2) is 4.98 Å². The van der Waals surface area contributed by atoms with Crippen LogP contribution >= 0.6 is 0 Å². The van der Waals surface area contributed by atoms with Crippen LogP contribution in [0.1, 0.15) is 54.4 Å². The molecule has 1 aliphatic carbocycles. The normalized spacial score (nSPS) is 16.4. The van der Waals surface area contributed by atoms with Crippen molar-refractivity contribution < 1.29 is 4.79 Å². The summed E-state index contributed by atoms with van der Waals surface area (Å²) >= 11 is 0. The molecule has 1 aliphatic rings. The number of aryl methyl sites for hydroxylation is 1. The summed E-state index contributed by atoms with van der Waals surface area (Å²) in [5, 5.41) is 3.00. The van der Waals surface area contributed by atoms with E-state index in [2.05, 4.69) is 10.3 Å². The number of carbonyl (C=O) groups is 1. The second-order valence-electron chi connectivity index (χ2n) is 6.02. The van der Waals surface area contributed by atoms with E-state index in [-0.39, 0.29) is 23.1 Å². The molecule has 1 amide bonds. The minimum Gasteiger partial charge on any atom is -0.349 e. The lowest BCUT2D eigenvalue weighted by atomic mass is 10.1. The van der Waals surface area contributed by atoms with E-state index in [0.717, 1.165) is 31.2 Å². The van der Waals surface area contributed by atoms with Crippen LogP contribution in [0.25, 0.3) is 5.65 Å². The first-order valence-corrected chi connectivity index (χ1v) is 7.94. The number of hydrogen-bond acceptors (Lipinski definition) is 3. The first kappa shape index (κ1) is 14.8. The fraction of sp³-hybridized carbons (Fsp3) is 0.471. The lowest BCUT2D eigenvalue weighted by molar-refractivity contribution is 0.0931. The third kappa shape index (κ3) is 2.89. The van der Waals surface area contributed by atoms with Crippen LogP contribution in [0.2, 0.25) is 0 Å². The Hall–Kier alpha value is -2.17. The SMILES string of the molecule is Cc1cccn2c(=O)c(C(=O)NC3CCCCCC3)cnc12. The van der Waals surface area contributed by atoms with Crippen LogP contribution in [0.15, 0.2) is 29.3 Å². The molecule has 0 aromatic carbocycles. The van der Waals surface area contributed by atoms with Crippen LogP contribution in [0.3, 0.4) is 0 Å². The molecule has 1 fully saturated rings. The highest BCUT2D eigenvalue weighted by molar-refractivity contribution is 5.93. The molecule has 0 atom stereocenters. The van der Waals surface area contributed by atoms with Crippen LogP contribution in [-0.2, 0) is 0 Å². The van der Waals surface area contributed by atoms with Gasteiger partial charge in [-0.3, -0.25) is 14.0 Å². The van der Waals surface area contributed by atoms with Crippen LogP contribution < -0.4 is 10.9 Å². The average Bonchev–Trinajstić information content (AvgIpc) is 2.77. The highest BCUT2D eigenvalue weighted by Crippen LogP contribution is 2.17. The topological polar surface area (TPSA) is 63.5 Å². The third-order valence-corrected chi connectivity index (χ3v) is 4.36. The molecule has 3 rings (SSSR count). The Morgan fingerprint density at radius 2 is 2.00 bits per heavy atom. The first-order chi connectivity index (χ1) is 10.7. The molecule has 0 saturated heterocycles. The van der Waals surface area contributed by atoms with Crippen molar-refractivity contribution >= 4 is 11.6 Å². The number of fused-ring (bicyclic) bond motifs is 1. The van der Waals surface area contributed by atoms with Gasteiger partial charge in [-0.1, -0.05) is 31.7 Å². The van der Waals surface area contributed by atoms with Crippen LogP contribution in [0.5, 0.6) is 0 Å². The summed E-state index contributed by atoms with van der Waals surface area (Å²) in [6.45, 7) is 1.90. The van der Waals surface area contributed by atoms with Gasteiger partial charge in [-0.15, -0.1) is 0 Å². The Balaban J connectivity index is 1.88. The summed E-state index contributed by atoms with van der Waals surface area (Å²) in [6, 6.07) is 3.86. The summed E-state index contributed by atoms with van der Waals surface area (Å²) in [5.41, 5.74) is 1.32. The molecule has 2 aromatic heterocycles. The van der Waals surface area contributed by atoms with Gasteiger partial charge in [0.15, 0.2) is 0 Å². The minimum atomic E-state index is -0.306. The fourth-order valence-electron chi connectivity index (χ4n) is 3.09. The molecule has 22 heavy (non-hydrogen) atoms. The van der Waals surface area contributed by atoms with Gasteiger partial charge in [0.05, 0.1) is 0 Å². The largest absolute Gasteiger partial charge is 0.349 e. The van der Waals surface area contributed by atoms with E-state index in [4.69, 9.17) is 0 Å². The zero-order valence-electron chi connectivity index (χ0n) is 12.8. The lowest BCUT2D eigenvalue weighted by Crippen LogP contribution is -2.38. The van der Waals surface area contributed by atoms with Gasteiger partial charge in [0.1, 0.15) is 11.2 Å². The number of aromatic nitrogens is 2. The van der Waals surface area contributed by atoms with Crippen molar-refractivity contribution in [2.45, 2.75) is 51.5 Å². The van der Waals surface area contributed by atoms with Crippen molar-refractivity contribution in [3.8, 4) is 0 Å². The molecule has 0 bridgehead atoms.